The number of hydrogen-bond acceptors (Lipinski definition) is 3. The van der Waals surface area contributed by atoms with Crippen LogP contribution in [0.15, 0.2) is 17.0 Å². The molecule has 1 rings (SSSR count). The van der Waals surface area contributed by atoms with Gasteiger partial charge < -0.3 is 5.73 Å². The Labute approximate surface area is 86.1 Å². The molecule has 4 nitrogen and oxygen atoms in total. The van der Waals surface area contributed by atoms with E-state index in [1.165, 1.54) is 0 Å². The highest BCUT2D eigenvalue weighted by molar-refractivity contribution is 7.89. The molecule has 0 fully saturated rings. The first-order valence-electron chi connectivity index (χ1n) is 4.04. The molecule has 3 N–H and O–H groups in total. The summed E-state index contributed by atoms with van der Waals surface area (Å²) >= 11 is 0. The standard InChI is InChI=1S/C8H10F2N2O2S/c1-12-15(13,14)7-3-5(4-11)2-6(9)8(7)10/h2-3,12H,4,11H2,1H3. The number of halogens is 2. The summed E-state index contributed by atoms with van der Waals surface area (Å²) < 4.78 is 50.6. The first kappa shape index (κ1) is 12.0. The van der Waals surface area contributed by atoms with Crippen LogP contribution in [0.1, 0.15) is 5.56 Å². The third kappa shape index (κ3) is 2.31. The van der Waals surface area contributed by atoms with E-state index < -0.39 is 26.6 Å². The maximum absolute atomic E-state index is 13.2. The zero-order chi connectivity index (χ0) is 11.6. The third-order valence-corrected chi connectivity index (χ3v) is 3.26. The SMILES string of the molecule is CNS(=O)(=O)c1cc(CN)cc(F)c1F. The number of benzene rings is 1. The molecule has 1 aromatic rings. The second-order valence-corrected chi connectivity index (χ2v) is 4.66. The Bertz CT molecular complexity index is 474. The van der Waals surface area contributed by atoms with Crippen LogP contribution in [0.25, 0.3) is 0 Å². The minimum atomic E-state index is -4.00. The molecule has 0 radical (unpaired) electrons. The van der Waals surface area contributed by atoms with Gasteiger partial charge in [0, 0.05) is 6.54 Å². The summed E-state index contributed by atoms with van der Waals surface area (Å²) in [6.45, 7) is -0.0660. The second kappa shape index (κ2) is 4.21. The van der Waals surface area contributed by atoms with E-state index in [0.717, 1.165) is 19.2 Å². The van der Waals surface area contributed by atoms with Gasteiger partial charge in [-0.2, -0.15) is 0 Å². The number of nitrogens with two attached hydrogens (primary N) is 1. The molecule has 0 aliphatic rings. The lowest BCUT2D eigenvalue weighted by Gasteiger charge is -2.06. The van der Waals surface area contributed by atoms with Crippen LogP contribution in [-0.4, -0.2) is 15.5 Å². The Balaban J connectivity index is 3.48. The predicted molar refractivity (Wildman–Crippen MR) is 50.5 cm³/mol. The van der Waals surface area contributed by atoms with Crippen molar-refractivity contribution in [1.29, 1.82) is 0 Å². The maximum Gasteiger partial charge on any atom is 0.243 e. The Morgan fingerprint density at radius 1 is 1.40 bits per heavy atom. The largest absolute Gasteiger partial charge is 0.326 e. The van der Waals surface area contributed by atoms with Crippen LogP contribution in [0, 0.1) is 11.6 Å². The van der Waals surface area contributed by atoms with Crippen LogP contribution < -0.4 is 10.5 Å². The van der Waals surface area contributed by atoms with Crippen molar-refractivity contribution in [3.63, 3.8) is 0 Å². The second-order valence-electron chi connectivity index (χ2n) is 2.80. The van der Waals surface area contributed by atoms with E-state index in [2.05, 4.69) is 0 Å². The summed E-state index contributed by atoms with van der Waals surface area (Å²) in [5.74, 6) is -2.63. The number of hydrogen-bond donors (Lipinski definition) is 2. The average Bonchev–Trinajstić information content (AvgIpc) is 2.21. The lowest BCUT2D eigenvalue weighted by Crippen LogP contribution is -2.21. The van der Waals surface area contributed by atoms with Crippen LogP contribution in [0.4, 0.5) is 8.78 Å². The van der Waals surface area contributed by atoms with Crippen LogP contribution >= 0.6 is 0 Å². The summed E-state index contributed by atoms with van der Waals surface area (Å²) in [4.78, 5) is -0.731. The van der Waals surface area contributed by atoms with Crippen molar-refractivity contribution < 1.29 is 17.2 Å². The van der Waals surface area contributed by atoms with E-state index in [1.807, 2.05) is 4.72 Å². The number of nitrogens with one attached hydrogen (secondary N) is 1. The van der Waals surface area contributed by atoms with Crippen LogP contribution in [-0.2, 0) is 16.6 Å². The van der Waals surface area contributed by atoms with Gasteiger partial charge in [0.05, 0.1) is 0 Å². The van der Waals surface area contributed by atoms with Gasteiger partial charge in [-0.3, -0.25) is 0 Å². The molecule has 0 amide bonds. The van der Waals surface area contributed by atoms with Crippen molar-refractivity contribution in [3.05, 3.63) is 29.3 Å². The number of sulfonamides is 1. The topological polar surface area (TPSA) is 72.2 Å². The van der Waals surface area contributed by atoms with E-state index >= 15 is 0 Å². The molecule has 15 heavy (non-hydrogen) atoms. The van der Waals surface area contributed by atoms with Gasteiger partial charge in [-0.15, -0.1) is 0 Å². The molecule has 84 valence electrons. The van der Waals surface area contributed by atoms with Crippen molar-refractivity contribution in [2.45, 2.75) is 11.4 Å². The molecule has 0 unspecified atom stereocenters. The molecule has 0 aromatic heterocycles. The summed E-state index contributed by atoms with van der Waals surface area (Å²) in [7, 11) is -2.89. The maximum atomic E-state index is 13.2. The molecule has 0 saturated carbocycles. The molecular formula is C8H10F2N2O2S. The monoisotopic (exact) mass is 236 g/mol. The first-order chi connectivity index (χ1) is 6.92. The highest BCUT2D eigenvalue weighted by Crippen LogP contribution is 2.19. The Morgan fingerprint density at radius 2 is 2.00 bits per heavy atom. The minimum absolute atomic E-state index is 0.0660. The molecule has 0 aliphatic carbocycles. The summed E-state index contributed by atoms with van der Waals surface area (Å²) in [6.07, 6.45) is 0. The van der Waals surface area contributed by atoms with E-state index in [1.54, 1.807) is 0 Å². The van der Waals surface area contributed by atoms with Gasteiger partial charge in [0.25, 0.3) is 0 Å². The summed E-state index contributed by atoms with van der Waals surface area (Å²) in [6, 6.07) is 1.87. The average molecular weight is 236 g/mol. The summed E-state index contributed by atoms with van der Waals surface area (Å²) in [5.41, 5.74) is 5.43. The fraction of sp³-hybridized carbons (Fsp3) is 0.250. The molecular weight excluding hydrogens is 226 g/mol. The van der Waals surface area contributed by atoms with Crippen LogP contribution in [0.5, 0.6) is 0 Å². The van der Waals surface area contributed by atoms with Gasteiger partial charge >= 0.3 is 0 Å². The predicted octanol–water partition coefficient (Wildman–Crippen LogP) is 0.332. The lowest BCUT2D eigenvalue weighted by atomic mass is 10.2. The van der Waals surface area contributed by atoms with Gasteiger partial charge in [-0.25, -0.2) is 21.9 Å². The van der Waals surface area contributed by atoms with E-state index in [4.69, 9.17) is 5.73 Å². The van der Waals surface area contributed by atoms with Gasteiger partial charge in [-0.05, 0) is 24.7 Å². The smallest absolute Gasteiger partial charge is 0.243 e. The Hall–Kier alpha value is -1.05. The van der Waals surface area contributed by atoms with E-state index in [9.17, 15) is 17.2 Å². The number of rotatable bonds is 3. The highest BCUT2D eigenvalue weighted by Gasteiger charge is 2.21. The molecule has 0 heterocycles. The Kier molecular flexibility index (Phi) is 3.38. The van der Waals surface area contributed by atoms with Crippen LogP contribution in [0.3, 0.4) is 0 Å². The molecule has 0 aliphatic heterocycles. The fourth-order valence-corrected chi connectivity index (χ4v) is 1.90. The van der Waals surface area contributed by atoms with Crippen molar-refractivity contribution in [2.75, 3.05) is 7.05 Å². The minimum Gasteiger partial charge on any atom is -0.326 e. The molecule has 0 spiro atoms. The summed E-state index contributed by atoms with van der Waals surface area (Å²) in [5, 5.41) is 0. The zero-order valence-corrected chi connectivity index (χ0v) is 8.74. The molecule has 1 aromatic carbocycles. The van der Waals surface area contributed by atoms with Gasteiger partial charge in [0.2, 0.25) is 10.0 Å². The Morgan fingerprint density at radius 3 is 2.47 bits per heavy atom. The normalized spacial score (nSPS) is 11.7. The van der Waals surface area contributed by atoms with Crippen molar-refractivity contribution in [1.82, 2.24) is 4.72 Å². The quantitative estimate of drug-likeness (QED) is 0.794. The van der Waals surface area contributed by atoms with Crippen LogP contribution in [0.2, 0.25) is 0 Å². The first-order valence-corrected chi connectivity index (χ1v) is 5.52. The van der Waals surface area contributed by atoms with Gasteiger partial charge in [0.1, 0.15) is 4.90 Å². The van der Waals surface area contributed by atoms with E-state index in [-0.39, 0.29) is 12.1 Å². The third-order valence-electron chi connectivity index (χ3n) is 1.85. The van der Waals surface area contributed by atoms with Gasteiger partial charge in [-0.1, -0.05) is 0 Å². The van der Waals surface area contributed by atoms with Crippen molar-refractivity contribution >= 4 is 10.0 Å². The molecule has 0 bridgehead atoms. The lowest BCUT2D eigenvalue weighted by molar-refractivity contribution is 0.482. The molecule has 7 heteroatoms. The van der Waals surface area contributed by atoms with Crippen molar-refractivity contribution in [2.24, 2.45) is 5.73 Å². The molecule has 0 atom stereocenters. The molecule has 0 saturated heterocycles. The van der Waals surface area contributed by atoms with Crippen molar-refractivity contribution in [3.8, 4) is 0 Å². The zero-order valence-electron chi connectivity index (χ0n) is 7.92. The van der Waals surface area contributed by atoms with E-state index in [0.29, 0.717) is 0 Å². The highest BCUT2D eigenvalue weighted by atomic mass is 32.2. The van der Waals surface area contributed by atoms with Gasteiger partial charge in [0.15, 0.2) is 11.6 Å². The fourth-order valence-electron chi connectivity index (χ4n) is 1.04.